The lowest BCUT2D eigenvalue weighted by atomic mass is 9.87. The smallest absolute Gasteiger partial charge is 0.168 e. The number of methoxy groups -OCH3 is 1. The maximum atomic E-state index is 14.1. The Morgan fingerprint density at radius 1 is 1.15 bits per heavy atom. The number of nitrogens with one attached hydrogen (secondary N) is 1. The van der Waals surface area contributed by atoms with Gasteiger partial charge in [-0.05, 0) is 48.7 Å². The molecule has 0 spiro atoms. The maximum absolute atomic E-state index is 14.1. The predicted molar refractivity (Wildman–Crippen MR) is 102 cm³/mol. The summed E-state index contributed by atoms with van der Waals surface area (Å²) < 4.78 is 21.1. The van der Waals surface area contributed by atoms with Crippen molar-refractivity contribution in [1.29, 1.82) is 0 Å². The molecule has 1 aromatic heterocycles. The molecule has 1 aliphatic rings. The number of hydrogen-bond donors (Lipinski definition) is 1. The summed E-state index contributed by atoms with van der Waals surface area (Å²) in [6.07, 6.45) is 1.20. The number of ether oxygens (including phenoxy) is 1. The van der Waals surface area contributed by atoms with Crippen molar-refractivity contribution in [1.82, 2.24) is 9.78 Å². The second-order valence-electron chi connectivity index (χ2n) is 6.82. The van der Waals surface area contributed by atoms with Crippen LogP contribution in [0.15, 0.2) is 48.5 Å². The normalized spacial score (nSPS) is 16.1. The fraction of sp³-hybridized carbons (Fsp3) is 0.238. The molecule has 0 radical (unpaired) electrons. The fourth-order valence-corrected chi connectivity index (χ4v) is 3.47. The summed E-state index contributed by atoms with van der Waals surface area (Å²) >= 11 is 0. The van der Waals surface area contributed by atoms with Crippen LogP contribution in [0.1, 0.15) is 29.4 Å². The first-order chi connectivity index (χ1) is 13.1. The summed E-state index contributed by atoms with van der Waals surface area (Å²) in [7, 11) is 1.61. The van der Waals surface area contributed by atoms with Crippen LogP contribution in [0.5, 0.6) is 5.75 Å². The van der Waals surface area contributed by atoms with Gasteiger partial charge in [-0.15, -0.1) is 5.10 Å². The maximum Gasteiger partial charge on any atom is 0.168 e. The van der Waals surface area contributed by atoms with Gasteiger partial charge in [-0.25, -0.2) is 9.07 Å². The number of halogens is 1. The zero-order valence-corrected chi connectivity index (χ0v) is 15.2. The highest BCUT2D eigenvalue weighted by atomic mass is 19.1. The second kappa shape index (κ2) is 6.87. The standard InChI is InChI=1S/C21H20FN3O2/c1-13-11-18-20(19(26)12-13)21(23-17-6-4-3-5-16(17)22)24-25(18)14-7-9-15(27-2)10-8-14/h3-10,13H,11-12H2,1-2H3,(H,23,24). The number of aromatic nitrogens is 2. The van der Waals surface area contributed by atoms with Crippen molar-refractivity contribution >= 4 is 17.3 Å². The van der Waals surface area contributed by atoms with E-state index < -0.39 is 0 Å². The monoisotopic (exact) mass is 365 g/mol. The molecule has 2 aromatic carbocycles. The number of fused-ring (bicyclic) bond motifs is 1. The van der Waals surface area contributed by atoms with Gasteiger partial charge >= 0.3 is 0 Å². The van der Waals surface area contributed by atoms with Gasteiger partial charge in [0.1, 0.15) is 11.6 Å². The van der Waals surface area contributed by atoms with E-state index in [9.17, 15) is 9.18 Å². The van der Waals surface area contributed by atoms with Gasteiger partial charge in [0.25, 0.3) is 0 Å². The summed E-state index contributed by atoms with van der Waals surface area (Å²) in [5, 5.41) is 7.62. The Labute approximate surface area is 156 Å². The van der Waals surface area contributed by atoms with Crippen LogP contribution in [-0.4, -0.2) is 22.7 Å². The van der Waals surface area contributed by atoms with Crippen molar-refractivity contribution in [2.45, 2.75) is 19.8 Å². The molecule has 0 amide bonds. The van der Waals surface area contributed by atoms with E-state index in [2.05, 4.69) is 17.3 Å². The molecule has 4 rings (SSSR count). The van der Waals surface area contributed by atoms with Gasteiger partial charge in [-0.2, -0.15) is 0 Å². The molecule has 27 heavy (non-hydrogen) atoms. The van der Waals surface area contributed by atoms with E-state index in [0.717, 1.165) is 23.6 Å². The van der Waals surface area contributed by atoms with Crippen LogP contribution in [0.2, 0.25) is 0 Å². The molecule has 0 bridgehead atoms. The molecule has 3 aromatic rings. The van der Waals surface area contributed by atoms with Crippen molar-refractivity contribution in [3.63, 3.8) is 0 Å². The van der Waals surface area contributed by atoms with Crippen molar-refractivity contribution in [3.8, 4) is 11.4 Å². The number of para-hydroxylation sites is 1. The third-order valence-corrected chi connectivity index (χ3v) is 4.78. The Hall–Kier alpha value is -3.15. The highest BCUT2D eigenvalue weighted by Gasteiger charge is 2.31. The molecule has 1 heterocycles. The average Bonchev–Trinajstić information content (AvgIpc) is 3.02. The molecule has 138 valence electrons. The topological polar surface area (TPSA) is 56.1 Å². The van der Waals surface area contributed by atoms with Crippen LogP contribution in [0.3, 0.4) is 0 Å². The number of carbonyl (C=O) groups is 1. The fourth-order valence-electron chi connectivity index (χ4n) is 3.47. The number of nitrogens with zero attached hydrogens (tertiary/aromatic N) is 2. The number of ketones is 1. The summed E-state index contributed by atoms with van der Waals surface area (Å²) in [5.74, 6) is 1.01. The van der Waals surface area contributed by atoms with E-state index in [0.29, 0.717) is 23.5 Å². The minimum absolute atomic E-state index is 0.0300. The Bertz CT molecular complexity index is 995. The van der Waals surface area contributed by atoms with Crippen LogP contribution in [-0.2, 0) is 6.42 Å². The highest BCUT2D eigenvalue weighted by molar-refractivity contribution is 6.03. The molecule has 0 saturated carbocycles. The summed E-state index contributed by atoms with van der Waals surface area (Å²) in [5.41, 5.74) is 2.52. The van der Waals surface area contributed by atoms with Crippen LogP contribution >= 0.6 is 0 Å². The molecule has 1 N–H and O–H groups in total. The first kappa shape index (κ1) is 17.3. The Kier molecular flexibility index (Phi) is 4.39. The van der Waals surface area contributed by atoms with Crippen molar-refractivity contribution < 1.29 is 13.9 Å². The van der Waals surface area contributed by atoms with Gasteiger partial charge < -0.3 is 10.1 Å². The van der Waals surface area contributed by atoms with Crippen LogP contribution in [0.4, 0.5) is 15.9 Å². The molecule has 5 nitrogen and oxygen atoms in total. The number of hydrogen-bond acceptors (Lipinski definition) is 4. The lowest BCUT2D eigenvalue weighted by molar-refractivity contribution is 0.0953. The number of Topliss-reactive ketones (excluding diaryl/α,β-unsaturated/α-hetero) is 1. The second-order valence-corrected chi connectivity index (χ2v) is 6.82. The molecule has 0 saturated heterocycles. The molecule has 1 unspecified atom stereocenters. The van der Waals surface area contributed by atoms with Gasteiger partial charge in [0.15, 0.2) is 11.6 Å². The molecule has 0 aliphatic heterocycles. The van der Waals surface area contributed by atoms with E-state index >= 15 is 0 Å². The molecule has 6 heteroatoms. The first-order valence-electron chi connectivity index (χ1n) is 8.88. The van der Waals surface area contributed by atoms with E-state index in [1.165, 1.54) is 6.07 Å². The third kappa shape index (κ3) is 3.18. The van der Waals surface area contributed by atoms with Crippen molar-refractivity contribution in [3.05, 3.63) is 65.6 Å². The van der Waals surface area contributed by atoms with E-state index in [-0.39, 0.29) is 17.5 Å². The average molecular weight is 365 g/mol. The van der Waals surface area contributed by atoms with Crippen molar-refractivity contribution in [2.24, 2.45) is 5.92 Å². The summed E-state index contributed by atoms with van der Waals surface area (Å²) in [6, 6.07) is 13.8. The molecular formula is C21H20FN3O2. The van der Waals surface area contributed by atoms with Gasteiger partial charge in [0.2, 0.25) is 0 Å². The molecule has 1 atom stereocenters. The third-order valence-electron chi connectivity index (χ3n) is 4.78. The SMILES string of the molecule is COc1ccc(-n2nc(Nc3ccccc3F)c3c2CC(C)CC3=O)cc1. The lowest BCUT2D eigenvalue weighted by Gasteiger charge is -2.19. The highest BCUT2D eigenvalue weighted by Crippen LogP contribution is 2.34. The Balaban J connectivity index is 1.82. The van der Waals surface area contributed by atoms with Gasteiger partial charge in [0.05, 0.1) is 29.7 Å². The van der Waals surface area contributed by atoms with Crippen LogP contribution in [0, 0.1) is 11.7 Å². The van der Waals surface area contributed by atoms with Gasteiger partial charge in [0, 0.05) is 6.42 Å². The van der Waals surface area contributed by atoms with Gasteiger partial charge in [-0.3, -0.25) is 4.79 Å². The predicted octanol–water partition coefficient (Wildman–Crippen LogP) is 4.53. The number of anilines is 2. The zero-order valence-electron chi connectivity index (χ0n) is 15.2. The lowest BCUT2D eigenvalue weighted by Crippen LogP contribution is -2.19. The minimum Gasteiger partial charge on any atom is -0.497 e. The number of benzene rings is 2. The summed E-state index contributed by atoms with van der Waals surface area (Å²) in [6.45, 7) is 2.05. The number of carbonyl (C=O) groups excluding carboxylic acids is 1. The minimum atomic E-state index is -0.387. The zero-order chi connectivity index (χ0) is 19.0. The Morgan fingerprint density at radius 3 is 2.59 bits per heavy atom. The van der Waals surface area contributed by atoms with Gasteiger partial charge in [-0.1, -0.05) is 19.1 Å². The van der Waals surface area contributed by atoms with E-state index in [1.54, 1.807) is 30.0 Å². The largest absolute Gasteiger partial charge is 0.497 e. The first-order valence-corrected chi connectivity index (χ1v) is 8.88. The molecule has 1 aliphatic carbocycles. The number of rotatable bonds is 4. The Morgan fingerprint density at radius 2 is 1.89 bits per heavy atom. The van der Waals surface area contributed by atoms with Crippen LogP contribution < -0.4 is 10.1 Å². The van der Waals surface area contributed by atoms with E-state index in [1.807, 2.05) is 24.3 Å². The molecule has 0 fully saturated rings. The van der Waals surface area contributed by atoms with Crippen LogP contribution in [0.25, 0.3) is 5.69 Å². The quantitative estimate of drug-likeness (QED) is 0.738. The molecular weight excluding hydrogens is 345 g/mol. The van der Waals surface area contributed by atoms with Crippen molar-refractivity contribution in [2.75, 3.05) is 12.4 Å². The van der Waals surface area contributed by atoms with E-state index in [4.69, 9.17) is 4.74 Å². The summed E-state index contributed by atoms with van der Waals surface area (Å²) in [4.78, 5) is 12.7.